The number of nitrogens with one attached hydrogen (secondary N) is 2. The van der Waals surface area contributed by atoms with Crippen molar-refractivity contribution < 1.29 is 14.7 Å². The zero-order valence-corrected chi connectivity index (χ0v) is 21.2. The van der Waals surface area contributed by atoms with Gasteiger partial charge >= 0.3 is 6.09 Å². The van der Waals surface area contributed by atoms with E-state index in [0.717, 1.165) is 28.2 Å². The lowest BCUT2D eigenvalue weighted by Gasteiger charge is -2.23. The molecule has 0 saturated carbocycles. The van der Waals surface area contributed by atoms with Crippen LogP contribution in [0.3, 0.4) is 0 Å². The van der Waals surface area contributed by atoms with E-state index in [0.29, 0.717) is 23.5 Å². The maximum absolute atomic E-state index is 12.8. The number of benzene rings is 2. The van der Waals surface area contributed by atoms with Crippen LogP contribution in [0.4, 0.5) is 16.2 Å². The molecule has 9 heteroatoms. The number of hydrogen-bond acceptors (Lipinski definition) is 5. The van der Waals surface area contributed by atoms with Gasteiger partial charge in [0.1, 0.15) is 0 Å². The van der Waals surface area contributed by atoms with E-state index in [9.17, 15) is 14.7 Å². The molecule has 1 aliphatic heterocycles. The lowest BCUT2D eigenvalue weighted by molar-refractivity contribution is 0.102. The van der Waals surface area contributed by atoms with Crippen LogP contribution in [-0.2, 0) is 6.54 Å². The highest BCUT2D eigenvalue weighted by Crippen LogP contribution is 2.30. The molecule has 0 unspecified atom stereocenters. The Hall–Kier alpha value is -3.14. The molecule has 7 nitrogen and oxygen atoms in total. The number of carboxylic acid groups (broad SMARTS) is 1. The highest BCUT2D eigenvalue weighted by Gasteiger charge is 2.33. The number of hydrogen-bond donors (Lipinski definition) is 4. The lowest BCUT2D eigenvalue weighted by Crippen LogP contribution is -2.39. The van der Waals surface area contributed by atoms with Gasteiger partial charge < -0.3 is 26.4 Å². The number of thiophene rings is 1. The summed E-state index contributed by atoms with van der Waals surface area (Å²) in [6, 6.07) is 17.9. The second-order valence-electron chi connectivity index (χ2n) is 9.54. The fourth-order valence-corrected chi connectivity index (χ4v) is 7.59. The van der Waals surface area contributed by atoms with E-state index in [1.165, 1.54) is 4.90 Å². The van der Waals surface area contributed by atoms with Gasteiger partial charge in [0, 0.05) is 29.6 Å². The molecule has 0 aliphatic carbocycles. The van der Waals surface area contributed by atoms with Gasteiger partial charge in [-0.15, -0.1) is 11.3 Å². The van der Waals surface area contributed by atoms with E-state index < -0.39 is 14.2 Å². The van der Waals surface area contributed by atoms with E-state index in [2.05, 4.69) is 23.7 Å². The molecule has 5 N–H and O–H groups in total. The molecule has 4 rings (SSSR count). The Labute approximate surface area is 204 Å². The first-order valence-electron chi connectivity index (χ1n) is 11.3. The van der Waals surface area contributed by atoms with E-state index in [-0.39, 0.29) is 18.5 Å². The summed E-state index contributed by atoms with van der Waals surface area (Å²) >= 11 is 1.62. The van der Waals surface area contributed by atoms with Gasteiger partial charge in [0.05, 0.1) is 19.4 Å². The molecule has 178 valence electrons. The van der Waals surface area contributed by atoms with Crippen molar-refractivity contribution >= 4 is 42.8 Å². The molecule has 0 bridgehead atoms. The van der Waals surface area contributed by atoms with Crippen LogP contribution >= 0.6 is 11.3 Å². The first-order valence-corrected chi connectivity index (χ1v) is 15.5. The summed E-state index contributed by atoms with van der Waals surface area (Å²) in [6.07, 6.45) is 0.0893. The maximum Gasteiger partial charge on any atom is 0.407 e. The molecule has 2 heterocycles. The average molecular weight is 495 g/mol. The minimum absolute atomic E-state index is 0.207. The Balaban J connectivity index is 1.40. The third-order valence-electron chi connectivity index (χ3n) is 6.08. The molecule has 0 spiro atoms. The van der Waals surface area contributed by atoms with Crippen molar-refractivity contribution in [1.82, 2.24) is 10.2 Å². The van der Waals surface area contributed by atoms with Crippen LogP contribution in [0.15, 0.2) is 60.0 Å². The van der Waals surface area contributed by atoms with Gasteiger partial charge in [0.2, 0.25) is 0 Å². The number of amides is 2. The predicted molar refractivity (Wildman–Crippen MR) is 141 cm³/mol. The van der Waals surface area contributed by atoms with Crippen molar-refractivity contribution in [3.05, 3.63) is 71.1 Å². The number of nitrogens with zero attached hydrogens (tertiary/aromatic N) is 1. The van der Waals surface area contributed by atoms with Crippen LogP contribution in [-0.4, -0.2) is 48.8 Å². The standard InChI is InChI=1S/C25H30N4O3SSi/c1-34(2)15-20(27-16-34)14-29(25(31)32)13-17-5-7-18(8-6-17)24(30)28-22-12-19(9-10-21(22)26)23-4-3-11-33-23/h3-12,20,27H,13-16,26H2,1-2H3,(H,28,30)(H,31,32)/t20-/m1/s1. The number of carbonyl (C=O) groups excluding carboxylic acids is 1. The van der Waals surface area contributed by atoms with Crippen LogP contribution < -0.4 is 16.4 Å². The summed E-state index contributed by atoms with van der Waals surface area (Å²) in [4.78, 5) is 27.2. The fraction of sp³-hybridized carbons (Fsp3) is 0.280. The van der Waals surface area contributed by atoms with Crippen molar-refractivity contribution in [3.63, 3.8) is 0 Å². The number of nitrogens with two attached hydrogens (primary N) is 1. The molecule has 34 heavy (non-hydrogen) atoms. The smallest absolute Gasteiger partial charge is 0.407 e. The van der Waals surface area contributed by atoms with Gasteiger partial charge in [-0.2, -0.15) is 0 Å². The summed E-state index contributed by atoms with van der Waals surface area (Å²) in [6.45, 7) is 5.39. The summed E-state index contributed by atoms with van der Waals surface area (Å²) in [7, 11) is -1.26. The maximum atomic E-state index is 12.8. The van der Waals surface area contributed by atoms with Gasteiger partial charge in [-0.1, -0.05) is 37.4 Å². The number of carbonyl (C=O) groups is 2. The van der Waals surface area contributed by atoms with Crippen LogP contribution in [0.2, 0.25) is 19.1 Å². The van der Waals surface area contributed by atoms with Crippen molar-refractivity contribution in [2.75, 3.05) is 23.8 Å². The van der Waals surface area contributed by atoms with Crippen molar-refractivity contribution in [2.24, 2.45) is 0 Å². The lowest BCUT2D eigenvalue weighted by atomic mass is 10.1. The van der Waals surface area contributed by atoms with Gasteiger partial charge in [-0.25, -0.2) is 4.79 Å². The Morgan fingerprint density at radius 3 is 2.59 bits per heavy atom. The van der Waals surface area contributed by atoms with Crippen LogP contribution in [0, 0.1) is 0 Å². The Morgan fingerprint density at radius 1 is 1.21 bits per heavy atom. The molecular weight excluding hydrogens is 464 g/mol. The summed E-state index contributed by atoms with van der Waals surface area (Å²) in [5, 5.41) is 18.1. The van der Waals surface area contributed by atoms with Gasteiger partial charge in [0.25, 0.3) is 5.91 Å². The van der Waals surface area contributed by atoms with Gasteiger partial charge in [-0.05, 0) is 59.1 Å². The summed E-state index contributed by atoms with van der Waals surface area (Å²) in [5.41, 5.74) is 9.46. The largest absolute Gasteiger partial charge is 0.465 e. The van der Waals surface area contributed by atoms with Crippen molar-refractivity contribution in [1.29, 1.82) is 0 Å². The topological polar surface area (TPSA) is 108 Å². The second kappa shape index (κ2) is 10.0. The molecule has 0 radical (unpaired) electrons. The summed E-state index contributed by atoms with van der Waals surface area (Å²) < 4.78 is 0. The Morgan fingerprint density at radius 2 is 1.97 bits per heavy atom. The van der Waals surface area contributed by atoms with E-state index in [1.807, 2.05) is 29.6 Å². The molecule has 2 amide bonds. The Bertz CT molecular complexity index is 1170. The number of nitrogen functional groups attached to an aromatic ring is 1. The van der Waals surface area contributed by atoms with Crippen LogP contribution in [0.25, 0.3) is 10.4 Å². The minimum atomic E-state index is -1.26. The van der Waals surface area contributed by atoms with E-state index in [1.54, 1.807) is 41.7 Å². The van der Waals surface area contributed by atoms with E-state index >= 15 is 0 Å². The zero-order chi connectivity index (χ0) is 24.3. The zero-order valence-electron chi connectivity index (χ0n) is 19.4. The van der Waals surface area contributed by atoms with Crippen molar-refractivity contribution in [3.8, 4) is 10.4 Å². The highest BCUT2D eigenvalue weighted by molar-refractivity contribution is 7.13. The molecule has 1 atom stereocenters. The normalized spacial score (nSPS) is 16.8. The molecule has 3 aromatic rings. The summed E-state index contributed by atoms with van der Waals surface area (Å²) in [5.74, 6) is -0.265. The SMILES string of the molecule is C[Si]1(C)CN[C@H](CN(Cc2ccc(C(=O)Nc3cc(-c4cccs4)ccc3N)cc2)C(=O)O)C1. The van der Waals surface area contributed by atoms with Gasteiger partial charge in [0.15, 0.2) is 0 Å². The van der Waals surface area contributed by atoms with Gasteiger partial charge in [-0.3, -0.25) is 4.79 Å². The molecule has 1 saturated heterocycles. The van der Waals surface area contributed by atoms with Crippen LogP contribution in [0.1, 0.15) is 15.9 Å². The first kappa shape index (κ1) is 24.0. The first-order chi connectivity index (χ1) is 16.2. The third-order valence-corrected chi connectivity index (χ3v) is 9.75. The van der Waals surface area contributed by atoms with E-state index in [4.69, 9.17) is 5.73 Å². The number of rotatable bonds is 7. The second-order valence-corrected chi connectivity index (χ2v) is 15.6. The van der Waals surface area contributed by atoms with Crippen LogP contribution in [0.5, 0.6) is 0 Å². The highest BCUT2D eigenvalue weighted by atomic mass is 32.1. The van der Waals surface area contributed by atoms with Crippen molar-refractivity contribution in [2.45, 2.75) is 31.7 Å². The quantitative estimate of drug-likeness (QED) is 0.275. The number of anilines is 2. The Kier molecular flexibility index (Phi) is 7.06. The fourth-order valence-electron chi connectivity index (χ4n) is 4.27. The molecule has 1 fully saturated rings. The molecule has 1 aliphatic rings. The molecule has 1 aromatic heterocycles. The monoisotopic (exact) mass is 494 g/mol. The predicted octanol–water partition coefficient (Wildman–Crippen LogP) is 4.95. The third kappa shape index (κ3) is 5.85. The minimum Gasteiger partial charge on any atom is -0.465 e. The average Bonchev–Trinajstić information content (AvgIpc) is 3.45. The molecule has 2 aromatic carbocycles. The molecular formula is C25H30N4O3SSi.